The van der Waals surface area contributed by atoms with Crippen LogP contribution in [0.2, 0.25) is 0 Å². The number of ether oxygens (including phenoxy) is 1. The minimum Gasteiger partial charge on any atom is -0.380 e. The summed E-state index contributed by atoms with van der Waals surface area (Å²) >= 11 is 0. The molecule has 2 rings (SSSR count). The zero-order chi connectivity index (χ0) is 15.1. The second-order valence-corrected chi connectivity index (χ2v) is 4.67. The third-order valence-corrected chi connectivity index (χ3v) is 2.97. The second-order valence-electron chi connectivity index (χ2n) is 4.67. The second kappa shape index (κ2) is 7.22. The van der Waals surface area contributed by atoms with Gasteiger partial charge >= 0.3 is 0 Å². The van der Waals surface area contributed by atoms with Crippen LogP contribution < -0.4 is 5.32 Å². The number of hydrogen-bond acceptors (Lipinski definition) is 3. The molecule has 0 bridgehead atoms. The number of hydrogen-bond donors (Lipinski definition) is 1. The molecule has 4 nitrogen and oxygen atoms in total. The van der Waals surface area contributed by atoms with Gasteiger partial charge in [0.2, 0.25) is 5.91 Å². The summed E-state index contributed by atoms with van der Waals surface area (Å²) in [4.78, 5) is 12.0. The van der Waals surface area contributed by atoms with E-state index in [0.717, 1.165) is 16.8 Å². The Kier molecular flexibility index (Phi) is 5.08. The third kappa shape index (κ3) is 4.44. The van der Waals surface area contributed by atoms with Gasteiger partial charge in [0.25, 0.3) is 0 Å². The van der Waals surface area contributed by atoms with Crippen molar-refractivity contribution in [1.29, 1.82) is 5.26 Å². The van der Waals surface area contributed by atoms with E-state index in [9.17, 15) is 4.79 Å². The van der Waals surface area contributed by atoms with Crippen molar-refractivity contribution in [2.45, 2.75) is 13.0 Å². The largest absolute Gasteiger partial charge is 0.380 e. The number of nitriles is 1. The SMILES string of the molecule is COCc1cccc(NC(=O)Cc2ccc(C#N)cc2)c1. The van der Waals surface area contributed by atoms with Crippen molar-refractivity contribution in [1.82, 2.24) is 0 Å². The first kappa shape index (κ1) is 14.8. The molecule has 0 radical (unpaired) electrons. The van der Waals surface area contributed by atoms with Crippen LogP contribution in [0, 0.1) is 11.3 Å². The van der Waals surface area contributed by atoms with Crippen molar-refractivity contribution in [3.8, 4) is 6.07 Å². The van der Waals surface area contributed by atoms with Gasteiger partial charge in [-0.05, 0) is 35.4 Å². The number of nitrogens with one attached hydrogen (secondary N) is 1. The van der Waals surface area contributed by atoms with E-state index in [-0.39, 0.29) is 12.3 Å². The fourth-order valence-corrected chi connectivity index (χ4v) is 1.99. The van der Waals surface area contributed by atoms with Gasteiger partial charge in [0.1, 0.15) is 0 Å². The Morgan fingerprint density at radius 3 is 2.62 bits per heavy atom. The van der Waals surface area contributed by atoms with E-state index in [1.807, 2.05) is 24.3 Å². The molecular weight excluding hydrogens is 264 g/mol. The summed E-state index contributed by atoms with van der Waals surface area (Å²) in [5.74, 6) is -0.0886. The van der Waals surface area contributed by atoms with Crippen molar-refractivity contribution < 1.29 is 9.53 Å². The molecule has 0 aromatic heterocycles. The average Bonchev–Trinajstić information content (AvgIpc) is 2.48. The molecule has 0 atom stereocenters. The highest BCUT2D eigenvalue weighted by Gasteiger charge is 2.05. The predicted octanol–water partition coefficient (Wildman–Crippen LogP) is 2.89. The number of nitrogens with zero attached hydrogens (tertiary/aromatic N) is 1. The van der Waals surface area contributed by atoms with E-state index < -0.39 is 0 Å². The zero-order valence-electron chi connectivity index (χ0n) is 11.8. The van der Waals surface area contributed by atoms with Gasteiger partial charge in [0.05, 0.1) is 24.7 Å². The van der Waals surface area contributed by atoms with Gasteiger partial charge in [-0.15, -0.1) is 0 Å². The van der Waals surface area contributed by atoms with Crippen LogP contribution in [0.4, 0.5) is 5.69 Å². The van der Waals surface area contributed by atoms with Gasteiger partial charge in [-0.2, -0.15) is 5.26 Å². The number of carbonyl (C=O) groups is 1. The lowest BCUT2D eigenvalue weighted by Crippen LogP contribution is -2.14. The summed E-state index contributed by atoms with van der Waals surface area (Å²) in [6.07, 6.45) is 0.278. The topological polar surface area (TPSA) is 62.1 Å². The first-order valence-electron chi connectivity index (χ1n) is 6.58. The van der Waals surface area contributed by atoms with Crippen LogP contribution in [0.1, 0.15) is 16.7 Å². The number of amides is 1. The zero-order valence-corrected chi connectivity index (χ0v) is 11.8. The van der Waals surface area contributed by atoms with Crippen LogP contribution in [-0.2, 0) is 22.6 Å². The molecule has 0 aliphatic rings. The molecule has 106 valence electrons. The molecule has 0 saturated heterocycles. The van der Waals surface area contributed by atoms with Crippen molar-refractivity contribution >= 4 is 11.6 Å². The Morgan fingerprint density at radius 1 is 1.19 bits per heavy atom. The fourth-order valence-electron chi connectivity index (χ4n) is 1.99. The van der Waals surface area contributed by atoms with Crippen molar-refractivity contribution in [2.24, 2.45) is 0 Å². The number of carbonyl (C=O) groups excluding carboxylic acids is 1. The maximum Gasteiger partial charge on any atom is 0.228 e. The minimum absolute atomic E-state index is 0.0886. The van der Waals surface area contributed by atoms with E-state index in [0.29, 0.717) is 12.2 Å². The molecule has 0 heterocycles. The maximum atomic E-state index is 12.0. The average molecular weight is 280 g/mol. The van der Waals surface area contributed by atoms with E-state index in [4.69, 9.17) is 10.00 Å². The summed E-state index contributed by atoms with van der Waals surface area (Å²) in [7, 11) is 1.64. The van der Waals surface area contributed by atoms with Gasteiger partial charge in [0.15, 0.2) is 0 Å². The molecule has 0 aliphatic carbocycles. The Hall–Kier alpha value is -2.64. The molecule has 21 heavy (non-hydrogen) atoms. The Bertz CT molecular complexity index is 657. The molecule has 1 N–H and O–H groups in total. The molecule has 0 saturated carbocycles. The standard InChI is InChI=1S/C17H16N2O2/c1-21-12-15-3-2-4-16(9-15)19-17(20)10-13-5-7-14(11-18)8-6-13/h2-9H,10,12H2,1H3,(H,19,20). The molecule has 1 amide bonds. The summed E-state index contributed by atoms with van der Waals surface area (Å²) in [6.45, 7) is 0.513. The molecule has 2 aromatic rings. The van der Waals surface area contributed by atoms with Gasteiger partial charge in [-0.1, -0.05) is 24.3 Å². The number of methoxy groups -OCH3 is 1. The molecule has 0 fully saturated rings. The minimum atomic E-state index is -0.0886. The lowest BCUT2D eigenvalue weighted by atomic mass is 10.1. The molecular formula is C17H16N2O2. The normalized spacial score (nSPS) is 9.90. The van der Waals surface area contributed by atoms with Gasteiger partial charge in [0, 0.05) is 12.8 Å². The highest BCUT2D eigenvalue weighted by molar-refractivity contribution is 5.92. The first-order valence-corrected chi connectivity index (χ1v) is 6.58. The van der Waals surface area contributed by atoms with E-state index in [1.165, 1.54) is 0 Å². The molecule has 2 aromatic carbocycles. The first-order chi connectivity index (χ1) is 10.2. The quantitative estimate of drug-likeness (QED) is 0.916. The third-order valence-electron chi connectivity index (χ3n) is 2.97. The van der Waals surface area contributed by atoms with Gasteiger partial charge < -0.3 is 10.1 Å². The van der Waals surface area contributed by atoms with Crippen LogP contribution in [0.25, 0.3) is 0 Å². The maximum absolute atomic E-state index is 12.0. The number of rotatable bonds is 5. The van der Waals surface area contributed by atoms with E-state index in [2.05, 4.69) is 11.4 Å². The Balaban J connectivity index is 1.97. The number of anilines is 1. The predicted molar refractivity (Wildman–Crippen MR) is 80.6 cm³/mol. The van der Waals surface area contributed by atoms with Crippen molar-refractivity contribution in [3.05, 3.63) is 65.2 Å². The van der Waals surface area contributed by atoms with Crippen LogP contribution >= 0.6 is 0 Å². The lowest BCUT2D eigenvalue weighted by Gasteiger charge is -2.07. The summed E-state index contributed by atoms with van der Waals surface area (Å²) < 4.78 is 5.07. The summed E-state index contributed by atoms with van der Waals surface area (Å²) in [5, 5.41) is 11.6. The Labute approximate surface area is 124 Å². The van der Waals surface area contributed by atoms with E-state index in [1.54, 1.807) is 31.4 Å². The fraction of sp³-hybridized carbons (Fsp3) is 0.176. The van der Waals surface area contributed by atoms with Gasteiger partial charge in [-0.25, -0.2) is 0 Å². The smallest absolute Gasteiger partial charge is 0.228 e. The van der Waals surface area contributed by atoms with Crippen molar-refractivity contribution in [2.75, 3.05) is 12.4 Å². The van der Waals surface area contributed by atoms with Crippen molar-refractivity contribution in [3.63, 3.8) is 0 Å². The Morgan fingerprint density at radius 2 is 1.95 bits per heavy atom. The van der Waals surface area contributed by atoms with Crippen LogP contribution in [0.15, 0.2) is 48.5 Å². The van der Waals surface area contributed by atoms with Crippen LogP contribution in [-0.4, -0.2) is 13.0 Å². The van der Waals surface area contributed by atoms with Gasteiger partial charge in [-0.3, -0.25) is 4.79 Å². The molecule has 4 heteroatoms. The summed E-state index contributed by atoms with van der Waals surface area (Å²) in [5.41, 5.74) is 3.22. The monoisotopic (exact) mass is 280 g/mol. The highest BCUT2D eigenvalue weighted by Crippen LogP contribution is 2.12. The molecule has 0 unspecified atom stereocenters. The van der Waals surface area contributed by atoms with Crippen LogP contribution in [0.5, 0.6) is 0 Å². The molecule has 0 aliphatic heterocycles. The highest BCUT2D eigenvalue weighted by atomic mass is 16.5. The van der Waals surface area contributed by atoms with E-state index >= 15 is 0 Å². The summed E-state index contributed by atoms with van der Waals surface area (Å²) in [6, 6.07) is 16.6. The lowest BCUT2D eigenvalue weighted by molar-refractivity contribution is -0.115. The van der Waals surface area contributed by atoms with Crippen LogP contribution in [0.3, 0.4) is 0 Å². The molecule has 0 spiro atoms. The number of benzene rings is 2.